The molecule has 9 nitrogen and oxygen atoms in total. The number of carbonyl (C=O) groups is 1. The molecule has 0 bridgehead atoms. The van der Waals surface area contributed by atoms with Crippen molar-refractivity contribution in [3.63, 3.8) is 0 Å². The average Bonchev–Trinajstić information content (AvgIpc) is 2.99. The van der Waals surface area contributed by atoms with Crippen LogP contribution in [0.2, 0.25) is 0 Å². The molecule has 9 heteroatoms. The van der Waals surface area contributed by atoms with Gasteiger partial charge in [0.15, 0.2) is 0 Å². The number of methoxy groups -OCH3 is 2. The lowest BCUT2D eigenvalue weighted by atomic mass is 9.79. The van der Waals surface area contributed by atoms with Crippen molar-refractivity contribution in [1.29, 1.82) is 0 Å². The summed E-state index contributed by atoms with van der Waals surface area (Å²) in [6, 6.07) is 14.7. The van der Waals surface area contributed by atoms with E-state index in [-0.39, 0.29) is 23.8 Å². The number of piperidine rings is 1. The van der Waals surface area contributed by atoms with Crippen LogP contribution >= 0.6 is 0 Å². The van der Waals surface area contributed by atoms with E-state index in [4.69, 9.17) is 23.7 Å². The van der Waals surface area contributed by atoms with E-state index in [9.17, 15) is 4.79 Å². The van der Waals surface area contributed by atoms with Gasteiger partial charge in [-0.15, -0.1) is 0 Å². The van der Waals surface area contributed by atoms with Crippen LogP contribution in [0, 0.1) is 5.92 Å². The molecule has 0 aromatic heterocycles. The van der Waals surface area contributed by atoms with E-state index in [0.717, 1.165) is 81.4 Å². The number of amides is 1. The Balaban J connectivity index is 1.44. The number of anilines is 1. The fourth-order valence-electron chi connectivity index (χ4n) is 5.66. The molecular formula is C32H47N3O6. The highest BCUT2D eigenvalue weighted by atomic mass is 16.5. The van der Waals surface area contributed by atoms with E-state index < -0.39 is 0 Å². The minimum atomic E-state index is -0.0478. The zero-order valence-corrected chi connectivity index (χ0v) is 24.9. The number of rotatable bonds is 16. The Morgan fingerprint density at radius 3 is 2.59 bits per heavy atom. The molecule has 2 N–H and O–H groups in total. The molecule has 2 aromatic carbocycles. The van der Waals surface area contributed by atoms with Gasteiger partial charge in [-0.25, -0.2) is 0 Å². The zero-order valence-electron chi connectivity index (χ0n) is 24.9. The molecule has 0 aliphatic carbocycles. The van der Waals surface area contributed by atoms with Crippen molar-refractivity contribution in [2.75, 3.05) is 78.3 Å². The van der Waals surface area contributed by atoms with Crippen molar-refractivity contribution in [1.82, 2.24) is 10.6 Å². The first kappa shape index (κ1) is 31.1. The fraction of sp³-hybridized carbons (Fsp3) is 0.594. The third-order valence-electron chi connectivity index (χ3n) is 7.77. The van der Waals surface area contributed by atoms with Gasteiger partial charge in [-0.05, 0) is 60.6 Å². The monoisotopic (exact) mass is 569 g/mol. The van der Waals surface area contributed by atoms with Gasteiger partial charge in [-0.1, -0.05) is 18.2 Å². The smallest absolute Gasteiger partial charge is 0.216 e. The van der Waals surface area contributed by atoms with Gasteiger partial charge < -0.3 is 39.2 Å². The topological polar surface area (TPSA) is 90.5 Å². The van der Waals surface area contributed by atoms with Crippen molar-refractivity contribution in [2.24, 2.45) is 5.92 Å². The Kier molecular flexibility index (Phi) is 12.6. The van der Waals surface area contributed by atoms with E-state index in [1.807, 2.05) is 12.1 Å². The molecule has 0 spiro atoms. The lowest BCUT2D eigenvalue weighted by Crippen LogP contribution is -2.50. The van der Waals surface area contributed by atoms with Gasteiger partial charge in [0, 0.05) is 66.5 Å². The maximum atomic E-state index is 11.8. The van der Waals surface area contributed by atoms with Crippen molar-refractivity contribution in [3.05, 3.63) is 53.6 Å². The van der Waals surface area contributed by atoms with Gasteiger partial charge in [-0.2, -0.15) is 0 Å². The van der Waals surface area contributed by atoms with Crippen LogP contribution < -0.4 is 25.0 Å². The van der Waals surface area contributed by atoms with E-state index >= 15 is 0 Å². The summed E-state index contributed by atoms with van der Waals surface area (Å²) in [5, 5.41) is 6.56. The van der Waals surface area contributed by atoms with Gasteiger partial charge in [0.05, 0.1) is 31.5 Å². The highest BCUT2D eigenvalue weighted by Gasteiger charge is 2.35. The Labute approximate surface area is 244 Å². The maximum absolute atomic E-state index is 11.8. The van der Waals surface area contributed by atoms with Gasteiger partial charge in [-0.3, -0.25) is 4.79 Å². The molecule has 41 heavy (non-hydrogen) atoms. The van der Waals surface area contributed by atoms with Gasteiger partial charge in [0.25, 0.3) is 0 Å². The third-order valence-corrected chi connectivity index (χ3v) is 7.77. The molecule has 1 saturated heterocycles. The molecular weight excluding hydrogens is 522 g/mol. The highest BCUT2D eigenvalue weighted by Crippen LogP contribution is 2.36. The molecule has 1 fully saturated rings. The summed E-state index contributed by atoms with van der Waals surface area (Å²) in [7, 11) is 3.46. The number of carbonyl (C=O) groups excluding carboxylic acids is 1. The van der Waals surface area contributed by atoms with Crippen molar-refractivity contribution in [3.8, 4) is 11.5 Å². The Morgan fingerprint density at radius 1 is 1.02 bits per heavy atom. The number of nitrogens with zero attached hydrogens (tertiary/aromatic N) is 1. The summed E-state index contributed by atoms with van der Waals surface area (Å²) in [6.07, 6.45) is 2.86. The van der Waals surface area contributed by atoms with E-state index in [1.54, 1.807) is 21.1 Å². The Bertz CT molecular complexity index is 1070. The van der Waals surface area contributed by atoms with E-state index in [1.165, 1.54) is 5.56 Å². The second-order valence-corrected chi connectivity index (χ2v) is 10.8. The van der Waals surface area contributed by atoms with Crippen molar-refractivity contribution < 1.29 is 28.5 Å². The highest BCUT2D eigenvalue weighted by molar-refractivity contribution is 5.72. The quantitative estimate of drug-likeness (QED) is 0.296. The van der Waals surface area contributed by atoms with Crippen LogP contribution in [-0.2, 0) is 25.6 Å². The molecule has 3 atom stereocenters. The number of hydrogen-bond donors (Lipinski definition) is 2. The molecule has 0 unspecified atom stereocenters. The first-order chi connectivity index (χ1) is 20.1. The van der Waals surface area contributed by atoms with E-state index in [2.05, 4.69) is 45.9 Å². The zero-order chi connectivity index (χ0) is 28.9. The summed E-state index contributed by atoms with van der Waals surface area (Å²) < 4.78 is 28.9. The number of nitrogens with one attached hydrogen (secondary N) is 2. The third kappa shape index (κ3) is 9.33. The molecule has 226 valence electrons. The van der Waals surface area contributed by atoms with Crippen LogP contribution in [-0.4, -0.2) is 85.4 Å². The van der Waals surface area contributed by atoms with Crippen molar-refractivity contribution in [2.45, 2.75) is 44.8 Å². The molecule has 0 saturated carbocycles. The summed E-state index contributed by atoms with van der Waals surface area (Å²) in [4.78, 5) is 14.1. The summed E-state index contributed by atoms with van der Waals surface area (Å²) in [5.74, 6) is 2.10. The SMILES string of the molecule is COCCCCOc1ccc([C@H]2[C@H](CNC(C)=O)CNC[C@@H]2OCc2ccc3c(c2)N(CCCOC)CCO3)cc1. The maximum Gasteiger partial charge on any atom is 0.216 e. The lowest BCUT2D eigenvalue weighted by Gasteiger charge is -2.39. The number of fused-ring (bicyclic) bond motifs is 1. The normalized spacial score (nSPS) is 20.3. The van der Waals surface area contributed by atoms with Gasteiger partial charge in [0.1, 0.15) is 18.1 Å². The number of hydrogen-bond acceptors (Lipinski definition) is 8. The molecule has 2 aliphatic rings. The van der Waals surface area contributed by atoms with Crippen molar-refractivity contribution >= 4 is 11.6 Å². The van der Waals surface area contributed by atoms with E-state index in [0.29, 0.717) is 26.4 Å². The standard InChI is InChI=1S/C32H47N3O6/c1-24(36)34-21-27-20-33-22-31(32(27)26-8-10-28(11-9-26)39-17-5-4-15-37-2)41-23-25-7-12-30-29(19-25)35(14-18-40-30)13-6-16-38-3/h7-12,19,27,31-33H,4-6,13-18,20-23H2,1-3H3,(H,34,36)/t27-,31-,32-/m0/s1. The second-order valence-electron chi connectivity index (χ2n) is 10.8. The molecule has 0 radical (unpaired) electrons. The minimum Gasteiger partial charge on any atom is -0.494 e. The summed E-state index contributed by atoms with van der Waals surface area (Å²) >= 11 is 0. The molecule has 2 aliphatic heterocycles. The van der Waals surface area contributed by atoms with Crippen LogP contribution in [0.25, 0.3) is 0 Å². The fourth-order valence-corrected chi connectivity index (χ4v) is 5.66. The Hall–Kier alpha value is -2.85. The molecule has 1 amide bonds. The number of ether oxygens (including phenoxy) is 5. The van der Waals surface area contributed by atoms with Gasteiger partial charge >= 0.3 is 0 Å². The lowest BCUT2D eigenvalue weighted by molar-refractivity contribution is -0.119. The predicted molar refractivity (Wildman–Crippen MR) is 160 cm³/mol. The molecule has 2 aromatic rings. The van der Waals surface area contributed by atoms with Crippen LogP contribution in [0.1, 0.15) is 43.2 Å². The predicted octanol–water partition coefficient (Wildman–Crippen LogP) is 3.75. The van der Waals surface area contributed by atoms with Gasteiger partial charge in [0.2, 0.25) is 5.91 Å². The van der Waals surface area contributed by atoms with Crippen LogP contribution in [0.5, 0.6) is 11.5 Å². The molecule has 4 rings (SSSR count). The summed E-state index contributed by atoms with van der Waals surface area (Å²) in [5.41, 5.74) is 3.43. The first-order valence-electron chi connectivity index (χ1n) is 14.9. The number of unbranched alkanes of at least 4 members (excludes halogenated alkanes) is 1. The van der Waals surface area contributed by atoms with Crippen LogP contribution in [0.3, 0.4) is 0 Å². The van der Waals surface area contributed by atoms with Crippen LogP contribution in [0.15, 0.2) is 42.5 Å². The average molecular weight is 570 g/mol. The first-order valence-corrected chi connectivity index (χ1v) is 14.9. The number of benzene rings is 2. The summed E-state index contributed by atoms with van der Waals surface area (Å²) in [6.45, 7) is 8.87. The molecule has 2 heterocycles. The Morgan fingerprint density at radius 2 is 1.80 bits per heavy atom. The second kappa shape index (κ2) is 16.6. The van der Waals surface area contributed by atoms with Crippen LogP contribution in [0.4, 0.5) is 5.69 Å². The largest absolute Gasteiger partial charge is 0.494 e. The minimum absolute atomic E-state index is 0.0182.